The van der Waals surface area contributed by atoms with Crippen molar-refractivity contribution in [2.75, 3.05) is 0 Å². The van der Waals surface area contributed by atoms with Crippen LogP contribution in [0.2, 0.25) is 0 Å². The molecule has 2 fully saturated rings. The molecule has 0 radical (unpaired) electrons. The van der Waals surface area contributed by atoms with Gasteiger partial charge in [-0.3, -0.25) is 4.79 Å². The van der Waals surface area contributed by atoms with Gasteiger partial charge in [0.05, 0.1) is 11.0 Å². The van der Waals surface area contributed by atoms with Crippen molar-refractivity contribution in [1.82, 2.24) is 0 Å². The van der Waals surface area contributed by atoms with Gasteiger partial charge in [-0.15, -0.1) is 0 Å². The summed E-state index contributed by atoms with van der Waals surface area (Å²) in [5, 5.41) is 11.6. The van der Waals surface area contributed by atoms with Crippen LogP contribution >= 0.6 is 0 Å². The molecular weight excluding hydrogens is 283 g/mol. The zero-order chi connectivity index (χ0) is 15.3. The van der Waals surface area contributed by atoms with Gasteiger partial charge in [-0.2, -0.15) is 0 Å². The van der Waals surface area contributed by atoms with E-state index in [1.807, 2.05) is 6.07 Å². The molecule has 4 heteroatoms. The number of ether oxygens (including phenoxy) is 1. The maximum atomic E-state index is 14.3. The lowest BCUT2D eigenvalue weighted by atomic mass is 9.44. The van der Waals surface area contributed by atoms with Gasteiger partial charge in [-0.1, -0.05) is 13.0 Å². The van der Waals surface area contributed by atoms with Crippen molar-refractivity contribution in [1.29, 1.82) is 0 Å². The molecule has 2 saturated carbocycles. The Balaban J connectivity index is 1.88. The first-order valence-corrected chi connectivity index (χ1v) is 8.22. The molecule has 116 valence electrons. The first kappa shape index (κ1) is 13.1. The van der Waals surface area contributed by atoms with E-state index < -0.39 is 22.9 Å². The van der Waals surface area contributed by atoms with Gasteiger partial charge in [-0.05, 0) is 49.1 Å². The molecule has 1 spiro atoms. The Kier molecular flexibility index (Phi) is 2.21. The quantitative estimate of drug-likeness (QED) is 0.801. The fourth-order valence-electron chi connectivity index (χ4n) is 5.90. The van der Waals surface area contributed by atoms with Crippen LogP contribution in [0.15, 0.2) is 12.1 Å². The van der Waals surface area contributed by atoms with Gasteiger partial charge in [0.25, 0.3) is 0 Å². The van der Waals surface area contributed by atoms with Gasteiger partial charge in [0.1, 0.15) is 0 Å². The van der Waals surface area contributed by atoms with Gasteiger partial charge in [0.2, 0.25) is 0 Å². The molecule has 3 aliphatic carbocycles. The van der Waals surface area contributed by atoms with Gasteiger partial charge in [0.15, 0.2) is 23.5 Å². The SMILES string of the molecule is C[C@H]1CC[C@]23c4c5ccc(F)c4O[C@H]2C(=O)CC[C@@]3(O)[C@H]1C5. The van der Waals surface area contributed by atoms with E-state index in [1.54, 1.807) is 0 Å². The molecule has 1 aromatic rings. The first-order chi connectivity index (χ1) is 10.5. The summed E-state index contributed by atoms with van der Waals surface area (Å²) in [6, 6.07) is 3.27. The van der Waals surface area contributed by atoms with Crippen LogP contribution in [0.25, 0.3) is 0 Å². The van der Waals surface area contributed by atoms with E-state index in [-0.39, 0.29) is 17.5 Å². The van der Waals surface area contributed by atoms with Crippen molar-refractivity contribution >= 4 is 5.78 Å². The van der Waals surface area contributed by atoms with E-state index in [4.69, 9.17) is 4.74 Å². The van der Waals surface area contributed by atoms with Crippen LogP contribution in [0.3, 0.4) is 0 Å². The summed E-state index contributed by atoms with van der Waals surface area (Å²) in [6.07, 6.45) is 2.53. The second kappa shape index (κ2) is 3.73. The van der Waals surface area contributed by atoms with Crippen LogP contribution in [0.1, 0.15) is 43.7 Å². The van der Waals surface area contributed by atoms with Gasteiger partial charge in [-0.25, -0.2) is 4.39 Å². The molecule has 1 aliphatic heterocycles. The van der Waals surface area contributed by atoms with Crippen molar-refractivity contribution in [2.45, 2.75) is 56.1 Å². The monoisotopic (exact) mass is 302 g/mol. The number of hydrogen-bond acceptors (Lipinski definition) is 3. The molecule has 1 heterocycles. The highest BCUT2D eigenvalue weighted by atomic mass is 19.1. The fraction of sp³-hybridized carbons (Fsp3) is 0.611. The minimum Gasteiger partial charge on any atom is -0.478 e. The molecule has 0 aromatic heterocycles. The number of aliphatic hydroxyl groups is 1. The number of benzene rings is 1. The van der Waals surface area contributed by atoms with Crippen LogP contribution in [-0.4, -0.2) is 22.6 Å². The van der Waals surface area contributed by atoms with E-state index >= 15 is 0 Å². The van der Waals surface area contributed by atoms with Crippen LogP contribution in [0.5, 0.6) is 5.75 Å². The molecule has 1 N–H and O–H groups in total. The van der Waals surface area contributed by atoms with Gasteiger partial charge in [0, 0.05) is 12.0 Å². The number of rotatable bonds is 0. The van der Waals surface area contributed by atoms with Gasteiger partial charge >= 0.3 is 0 Å². The zero-order valence-electron chi connectivity index (χ0n) is 12.6. The molecule has 1 aromatic carbocycles. The molecule has 2 bridgehead atoms. The summed E-state index contributed by atoms with van der Waals surface area (Å²) >= 11 is 0. The predicted molar refractivity (Wildman–Crippen MR) is 77.3 cm³/mol. The normalized spacial score (nSPS) is 44.5. The number of hydrogen-bond donors (Lipinski definition) is 1. The second-order valence-electron chi connectivity index (χ2n) is 7.60. The van der Waals surface area contributed by atoms with E-state index in [2.05, 4.69) is 6.92 Å². The molecule has 4 aliphatic rings. The minimum absolute atomic E-state index is 0.0152. The van der Waals surface area contributed by atoms with E-state index in [9.17, 15) is 14.3 Å². The summed E-state index contributed by atoms with van der Waals surface area (Å²) in [4.78, 5) is 12.5. The molecule has 5 atom stereocenters. The summed E-state index contributed by atoms with van der Waals surface area (Å²) < 4.78 is 20.1. The highest BCUT2D eigenvalue weighted by Crippen LogP contribution is 2.66. The molecule has 3 nitrogen and oxygen atoms in total. The first-order valence-electron chi connectivity index (χ1n) is 8.22. The number of carbonyl (C=O) groups is 1. The number of Topliss-reactive ketones (excluding diaryl/α,β-unsaturated/α-hetero) is 1. The molecule has 0 amide bonds. The second-order valence-corrected chi connectivity index (χ2v) is 7.60. The van der Waals surface area contributed by atoms with Crippen LogP contribution in [0, 0.1) is 17.7 Å². The van der Waals surface area contributed by atoms with E-state index in [1.165, 1.54) is 6.07 Å². The number of halogens is 1. The van der Waals surface area contributed by atoms with Crippen LogP contribution in [-0.2, 0) is 16.6 Å². The number of ketones is 1. The maximum absolute atomic E-state index is 14.3. The van der Waals surface area contributed by atoms with Crippen molar-refractivity contribution in [2.24, 2.45) is 11.8 Å². The van der Waals surface area contributed by atoms with Crippen molar-refractivity contribution in [3.63, 3.8) is 0 Å². The molecule has 22 heavy (non-hydrogen) atoms. The molecule has 0 unspecified atom stereocenters. The topological polar surface area (TPSA) is 46.5 Å². The lowest BCUT2D eigenvalue weighted by Gasteiger charge is -2.61. The Morgan fingerprint density at radius 1 is 1.36 bits per heavy atom. The lowest BCUT2D eigenvalue weighted by Crippen LogP contribution is -2.71. The molecule has 5 rings (SSSR count). The zero-order valence-corrected chi connectivity index (χ0v) is 12.6. The molecule has 0 saturated heterocycles. The molecular formula is C18H19FO3. The Hall–Kier alpha value is -1.42. The Morgan fingerprint density at radius 2 is 2.18 bits per heavy atom. The highest BCUT2D eigenvalue weighted by Gasteiger charge is 2.72. The van der Waals surface area contributed by atoms with E-state index in [0.717, 1.165) is 24.0 Å². The van der Waals surface area contributed by atoms with Crippen LogP contribution in [0.4, 0.5) is 4.39 Å². The largest absolute Gasteiger partial charge is 0.478 e. The third-order valence-electron chi connectivity index (χ3n) is 6.88. The average Bonchev–Trinajstić information content (AvgIpc) is 2.85. The standard InChI is InChI=1S/C18H19FO3/c1-9-4-6-17-14-10-2-3-12(19)15(14)22-16(17)13(20)5-7-18(17,21)11(9)8-10/h2-3,9,11,16,21H,4-8H2,1H3/t9-,11-,16-,17-,18+/m0/s1. The third-order valence-corrected chi connectivity index (χ3v) is 6.88. The summed E-state index contributed by atoms with van der Waals surface area (Å²) in [7, 11) is 0. The smallest absolute Gasteiger partial charge is 0.174 e. The van der Waals surface area contributed by atoms with Crippen LogP contribution < -0.4 is 4.74 Å². The fourth-order valence-corrected chi connectivity index (χ4v) is 5.90. The summed E-state index contributed by atoms with van der Waals surface area (Å²) in [5.41, 5.74) is 0.214. The predicted octanol–water partition coefficient (Wildman–Crippen LogP) is 2.52. The van der Waals surface area contributed by atoms with E-state index in [0.29, 0.717) is 25.2 Å². The summed E-state index contributed by atoms with van der Waals surface area (Å²) in [6.45, 7) is 2.19. The van der Waals surface area contributed by atoms with Gasteiger partial charge < -0.3 is 9.84 Å². The summed E-state index contributed by atoms with van der Waals surface area (Å²) in [5.74, 6) is 0.372. The highest BCUT2D eigenvalue weighted by molar-refractivity contribution is 5.89. The third kappa shape index (κ3) is 1.15. The Labute approximate surface area is 128 Å². The van der Waals surface area contributed by atoms with Crippen molar-refractivity contribution in [3.05, 3.63) is 29.1 Å². The Bertz CT molecular complexity index is 715. The average molecular weight is 302 g/mol. The lowest BCUT2D eigenvalue weighted by molar-refractivity contribution is -0.186. The van der Waals surface area contributed by atoms with Crippen molar-refractivity contribution in [3.8, 4) is 5.75 Å². The maximum Gasteiger partial charge on any atom is 0.174 e. The van der Waals surface area contributed by atoms with Crippen molar-refractivity contribution < 1.29 is 19.0 Å². The Morgan fingerprint density at radius 3 is 3.00 bits per heavy atom. The number of carbonyl (C=O) groups excluding carboxylic acids is 1. The minimum atomic E-state index is -0.935.